The summed E-state index contributed by atoms with van der Waals surface area (Å²) < 4.78 is 0. The number of anilines is 1. The van der Waals surface area contributed by atoms with Crippen LogP contribution in [0.15, 0.2) is 60.0 Å². The largest absolute Gasteiger partial charge is 0.323 e. The molecule has 2 aromatic carbocycles. The van der Waals surface area contributed by atoms with E-state index < -0.39 is 17.5 Å². The number of nitrogens with zero attached hydrogens (tertiary/aromatic N) is 2. The molecule has 1 aromatic heterocycles. The van der Waals surface area contributed by atoms with Crippen molar-refractivity contribution in [3.05, 3.63) is 97.2 Å². The van der Waals surface area contributed by atoms with Crippen molar-refractivity contribution in [2.45, 2.75) is 24.4 Å². The van der Waals surface area contributed by atoms with Gasteiger partial charge < -0.3 is 10.5 Å². The number of hydrogen-bond donors (Lipinski definition) is 2. The standard InChI is InChI=1S/C22H19N3O4S/c1-13-6-8-14(9-7-13)19-16(12-24(27)28)15-10-11-30-20(15)22(25(19)29)17-4-2-3-5-18(17)23-21(22)26/h2-11,16,19,29H,12H2,1H3,(H,23,26)/t16-,19+,22+/m0/s1. The first-order chi connectivity index (χ1) is 14.4. The predicted molar refractivity (Wildman–Crippen MR) is 112 cm³/mol. The molecular weight excluding hydrogens is 402 g/mol. The molecule has 1 amide bonds. The van der Waals surface area contributed by atoms with E-state index in [9.17, 15) is 20.1 Å². The van der Waals surface area contributed by atoms with Gasteiger partial charge in [0.25, 0.3) is 5.91 Å². The summed E-state index contributed by atoms with van der Waals surface area (Å²) >= 11 is 1.34. The molecule has 2 aliphatic rings. The Balaban J connectivity index is 1.79. The summed E-state index contributed by atoms with van der Waals surface area (Å²) in [5, 5.41) is 29.0. The van der Waals surface area contributed by atoms with E-state index in [2.05, 4.69) is 5.32 Å². The molecule has 5 rings (SSSR count). The second-order valence-electron chi connectivity index (χ2n) is 7.74. The smallest absolute Gasteiger partial charge is 0.257 e. The topological polar surface area (TPSA) is 95.7 Å². The summed E-state index contributed by atoms with van der Waals surface area (Å²) in [5.74, 6) is -0.952. The summed E-state index contributed by atoms with van der Waals surface area (Å²) in [6, 6.07) is 15.9. The van der Waals surface area contributed by atoms with E-state index in [0.717, 1.165) is 21.8 Å². The quantitative estimate of drug-likeness (QED) is 0.491. The number of carbonyl (C=O) groups is 1. The zero-order chi connectivity index (χ0) is 21.0. The van der Waals surface area contributed by atoms with Crippen LogP contribution in [0.4, 0.5) is 5.69 Å². The minimum atomic E-state index is -1.44. The number of hydrogen-bond acceptors (Lipinski definition) is 6. The van der Waals surface area contributed by atoms with Crippen LogP contribution in [0.2, 0.25) is 0 Å². The number of aryl methyl sites for hydroxylation is 1. The molecule has 3 aromatic rings. The van der Waals surface area contributed by atoms with Crippen molar-refractivity contribution in [3.63, 3.8) is 0 Å². The molecule has 0 unspecified atom stereocenters. The van der Waals surface area contributed by atoms with E-state index in [1.165, 1.54) is 11.3 Å². The average Bonchev–Trinajstić information content (AvgIpc) is 3.30. The summed E-state index contributed by atoms with van der Waals surface area (Å²) in [5.41, 5.74) is 2.35. The molecule has 0 saturated heterocycles. The molecule has 2 N–H and O–H groups in total. The molecule has 3 heterocycles. The highest BCUT2D eigenvalue weighted by Gasteiger charge is 2.61. The van der Waals surface area contributed by atoms with Crippen molar-refractivity contribution in [2.75, 3.05) is 11.9 Å². The fourth-order valence-electron chi connectivity index (χ4n) is 4.75. The van der Waals surface area contributed by atoms with Gasteiger partial charge in [-0.05, 0) is 35.6 Å². The molecule has 0 bridgehead atoms. The number of nitrogens with one attached hydrogen (secondary N) is 1. The van der Waals surface area contributed by atoms with Crippen LogP contribution in [-0.2, 0) is 10.3 Å². The van der Waals surface area contributed by atoms with Crippen molar-refractivity contribution >= 4 is 22.9 Å². The highest BCUT2D eigenvalue weighted by molar-refractivity contribution is 7.10. The summed E-state index contributed by atoms with van der Waals surface area (Å²) in [4.78, 5) is 25.2. The third-order valence-electron chi connectivity index (χ3n) is 6.07. The molecule has 0 saturated carbocycles. The highest BCUT2D eigenvalue weighted by Crippen LogP contribution is 2.57. The number of thiophene rings is 1. The number of para-hydroxylation sites is 1. The molecule has 1 spiro atoms. The SMILES string of the molecule is Cc1ccc([C@@H]2[C@@H](C[N+](=O)[O-])c3ccsc3[C@]3(C(=O)Nc4ccccc43)N2O)cc1. The Labute approximate surface area is 176 Å². The lowest BCUT2D eigenvalue weighted by molar-refractivity contribution is -0.486. The Bertz CT molecular complexity index is 1160. The lowest BCUT2D eigenvalue weighted by atomic mass is 9.74. The third-order valence-corrected chi connectivity index (χ3v) is 7.11. The van der Waals surface area contributed by atoms with E-state index in [1.807, 2.05) is 60.8 Å². The number of rotatable bonds is 3. The van der Waals surface area contributed by atoms with Crippen molar-refractivity contribution in [2.24, 2.45) is 0 Å². The van der Waals surface area contributed by atoms with Crippen molar-refractivity contribution in [3.8, 4) is 0 Å². The zero-order valence-corrected chi connectivity index (χ0v) is 16.9. The average molecular weight is 421 g/mol. The zero-order valence-electron chi connectivity index (χ0n) is 16.1. The van der Waals surface area contributed by atoms with Gasteiger partial charge in [0.15, 0.2) is 5.54 Å². The molecule has 0 fully saturated rings. The van der Waals surface area contributed by atoms with Gasteiger partial charge in [-0.2, -0.15) is 5.06 Å². The fourth-order valence-corrected chi connectivity index (χ4v) is 5.92. The molecule has 0 aliphatic carbocycles. The van der Waals surface area contributed by atoms with Crippen LogP contribution in [0.1, 0.15) is 39.1 Å². The van der Waals surface area contributed by atoms with Gasteiger partial charge in [-0.25, -0.2) is 0 Å². The second-order valence-corrected chi connectivity index (χ2v) is 8.65. The Kier molecular flexibility index (Phi) is 4.25. The van der Waals surface area contributed by atoms with Gasteiger partial charge in [-0.3, -0.25) is 14.9 Å². The van der Waals surface area contributed by atoms with Gasteiger partial charge in [-0.15, -0.1) is 11.3 Å². The molecule has 8 heteroatoms. The fraction of sp³-hybridized carbons (Fsp3) is 0.227. The van der Waals surface area contributed by atoms with Crippen molar-refractivity contribution in [1.82, 2.24) is 5.06 Å². The first-order valence-electron chi connectivity index (χ1n) is 9.60. The lowest BCUT2D eigenvalue weighted by Gasteiger charge is -2.46. The van der Waals surface area contributed by atoms with E-state index in [0.29, 0.717) is 16.1 Å². The Morgan fingerprint density at radius 1 is 1.20 bits per heavy atom. The maximum absolute atomic E-state index is 13.4. The Hall–Kier alpha value is -3.07. The highest BCUT2D eigenvalue weighted by atomic mass is 32.1. The normalized spacial score (nSPS) is 25.1. The minimum Gasteiger partial charge on any atom is -0.323 e. The number of nitro groups is 1. The van der Waals surface area contributed by atoms with Crippen molar-refractivity contribution in [1.29, 1.82) is 0 Å². The first-order valence-corrected chi connectivity index (χ1v) is 10.5. The number of amides is 1. The van der Waals surface area contributed by atoms with Gasteiger partial charge >= 0.3 is 0 Å². The van der Waals surface area contributed by atoms with Crippen LogP contribution in [0.25, 0.3) is 0 Å². The Morgan fingerprint density at radius 2 is 1.93 bits per heavy atom. The number of benzene rings is 2. The van der Waals surface area contributed by atoms with Gasteiger partial charge in [0.05, 0.1) is 12.0 Å². The van der Waals surface area contributed by atoms with Crippen molar-refractivity contribution < 1.29 is 14.9 Å². The third kappa shape index (κ3) is 2.48. The minimum absolute atomic E-state index is 0.349. The summed E-state index contributed by atoms with van der Waals surface area (Å²) in [7, 11) is 0. The second kappa shape index (κ2) is 6.73. The van der Waals surface area contributed by atoms with E-state index in [4.69, 9.17) is 0 Å². The molecule has 2 aliphatic heterocycles. The first kappa shape index (κ1) is 18.9. The van der Waals surface area contributed by atoms with Crippen LogP contribution in [0.5, 0.6) is 0 Å². The maximum atomic E-state index is 13.4. The molecule has 0 radical (unpaired) electrons. The van der Waals surface area contributed by atoms with Gasteiger partial charge in [-0.1, -0.05) is 48.0 Å². The molecule has 7 nitrogen and oxygen atoms in total. The Morgan fingerprint density at radius 3 is 2.67 bits per heavy atom. The number of hydroxylamine groups is 2. The lowest BCUT2D eigenvalue weighted by Crippen LogP contribution is -2.56. The van der Waals surface area contributed by atoms with Gasteiger partial charge in [0.2, 0.25) is 6.54 Å². The number of fused-ring (bicyclic) bond motifs is 4. The van der Waals surface area contributed by atoms with E-state index in [-0.39, 0.29) is 17.4 Å². The maximum Gasteiger partial charge on any atom is 0.257 e. The van der Waals surface area contributed by atoms with Crippen LogP contribution in [0, 0.1) is 17.0 Å². The number of carbonyl (C=O) groups excluding carboxylic acids is 1. The monoisotopic (exact) mass is 421 g/mol. The van der Waals surface area contributed by atoms with Gasteiger partial charge in [0.1, 0.15) is 0 Å². The van der Waals surface area contributed by atoms with Crippen LogP contribution in [-0.4, -0.2) is 27.6 Å². The molecule has 3 atom stereocenters. The van der Waals surface area contributed by atoms with Crippen LogP contribution < -0.4 is 5.32 Å². The predicted octanol–water partition coefficient (Wildman–Crippen LogP) is 4.06. The van der Waals surface area contributed by atoms with Crippen LogP contribution >= 0.6 is 11.3 Å². The summed E-state index contributed by atoms with van der Waals surface area (Å²) in [6.45, 7) is 1.60. The summed E-state index contributed by atoms with van der Waals surface area (Å²) in [6.07, 6.45) is 0. The molecule has 30 heavy (non-hydrogen) atoms. The molecular formula is C22H19N3O4S. The van der Waals surface area contributed by atoms with Gasteiger partial charge in [0, 0.05) is 21.1 Å². The van der Waals surface area contributed by atoms with Crippen LogP contribution in [0.3, 0.4) is 0 Å². The van der Waals surface area contributed by atoms with E-state index >= 15 is 0 Å². The van der Waals surface area contributed by atoms with E-state index in [1.54, 1.807) is 6.07 Å². The molecule has 152 valence electrons.